The van der Waals surface area contributed by atoms with Gasteiger partial charge < -0.3 is 28.4 Å². The molecule has 6 heteroatoms. The lowest BCUT2D eigenvalue weighted by atomic mass is 10.2. The van der Waals surface area contributed by atoms with E-state index < -0.39 is 0 Å². The number of hydrogen-bond acceptors (Lipinski definition) is 6. The first-order valence-electron chi connectivity index (χ1n) is 10.4. The van der Waals surface area contributed by atoms with Crippen LogP contribution in [0.3, 0.4) is 0 Å². The zero-order valence-electron chi connectivity index (χ0n) is 17.4. The average Bonchev–Trinajstić information content (AvgIpc) is 2.73. The summed E-state index contributed by atoms with van der Waals surface area (Å²) in [5, 5.41) is 0. The molecule has 0 fully saturated rings. The summed E-state index contributed by atoms with van der Waals surface area (Å²) in [6, 6.07) is 10.1. The van der Waals surface area contributed by atoms with Gasteiger partial charge in [0, 0.05) is 6.61 Å². The lowest BCUT2D eigenvalue weighted by Crippen LogP contribution is -2.14. The largest absolute Gasteiger partial charge is 0.379 e. The molecule has 0 atom stereocenters. The van der Waals surface area contributed by atoms with Crippen molar-refractivity contribution in [1.82, 2.24) is 0 Å². The molecule has 1 rings (SSSR count). The highest BCUT2D eigenvalue weighted by molar-refractivity contribution is 5.13. The van der Waals surface area contributed by atoms with E-state index in [-0.39, 0.29) is 0 Å². The van der Waals surface area contributed by atoms with E-state index >= 15 is 0 Å². The van der Waals surface area contributed by atoms with Crippen LogP contribution in [0.2, 0.25) is 0 Å². The maximum atomic E-state index is 5.54. The summed E-state index contributed by atoms with van der Waals surface area (Å²) < 4.78 is 32.8. The van der Waals surface area contributed by atoms with Crippen LogP contribution in [-0.2, 0) is 35.0 Å². The molecule has 0 saturated carbocycles. The molecule has 0 bridgehead atoms. The normalized spacial score (nSPS) is 11.2. The van der Waals surface area contributed by atoms with Gasteiger partial charge in [-0.2, -0.15) is 0 Å². The van der Waals surface area contributed by atoms with Crippen LogP contribution in [0.15, 0.2) is 30.3 Å². The quantitative estimate of drug-likeness (QED) is 0.296. The van der Waals surface area contributed by atoms with Gasteiger partial charge in [0.05, 0.1) is 72.7 Å². The molecule has 0 N–H and O–H groups in total. The van der Waals surface area contributed by atoms with Crippen molar-refractivity contribution < 1.29 is 28.4 Å². The van der Waals surface area contributed by atoms with Crippen LogP contribution in [0.5, 0.6) is 0 Å². The van der Waals surface area contributed by atoms with Gasteiger partial charge in [0.25, 0.3) is 0 Å². The number of unbranched alkanes of at least 4 members (excludes halogenated alkanes) is 2. The Morgan fingerprint density at radius 1 is 0.500 bits per heavy atom. The summed E-state index contributed by atoms with van der Waals surface area (Å²) in [5.41, 5.74) is 1.17. The maximum Gasteiger partial charge on any atom is 0.0718 e. The lowest BCUT2D eigenvalue weighted by Gasteiger charge is -2.08. The van der Waals surface area contributed by atoms with E-state index in [1.54, 1.807) is 0 Å². The molecule has 0 unspecified atom stereocenters. The van der Waals surface area contributed by atoms with Crippen molar-refractivity contribution in [3.63, 3.8) is 0 Å². The molecule has 162 valence electrons. The van der Waals surface area contributed by atoms with Crippen LogP contribution >= 0.6 is 0 Å². The van der Waals surface area contributed by atoms with Crippen LogP contribution in [0.1, 0.15) is 31.7 Å². The predicted molar refractivity (Wildman–Crippen MR) is 110 cm³/mol. The molecule has 6 nitrogen and oxygen atoms in total. The van der Waals surface area contributed by atoms with Gasteiger partial charge >= 0.3 is 0 Å². The van der Waals surface area contributed by atoms with Crippen molar-refractivity contribution in [2.75, 3.05) is 72.7 Å². The van der Waals surface area contributed by atoms with Gasteiger partial charge in [0.1, 0.15) is 0 Å². The topological polar surface area (TPSA) is 55.4 Å². The second-order valence-electron chi connectivity index (χ2n) is 6.31. The Kier molecular flexibility index (Phi) is 18.5. The summed E-state index contributed by atoms with van der Waals surface area (Å²) in [4.78, 5) is 0. The molecular formula is C22H38O6. The van der Waals surface area contributed by atoms with Gasteiger partial charge in [-0.25, -0.2) is 0 Å². The molecule has 0 saturated heterocycles. The summed E-state index contributed by atoms with van der Waals surface area (Å²) in [6.45, 7) is 9.50. The average molecular weight is 399 g/mol. The Hall–Kier alpha value is -1.02. The second kappa shape index (κ2) is 20.7. The van der Waals surface area contributed by atoms with Crippen molar-refractivity contribution in [3.8, 4) is 0 Å². The van der Waals surface area contributed by atoms with Crippen LogP contribution in [0, 0.1) is 0 Å². The summed E-state index contributed by atoms with van der Waals surface area (Å²) in [6.07, 6.45) is 3.58. The Balaban J connectivity index is 1.67. The van der Waals surface area contributed by atoms with Crippen molar-refractivity contribution in [2.24, 2.45) is 0 Å². The van der Waals surface area contributed by atoms with Crippen LogP contribution in [-0.4, -0.2) is 72.7 Å². The highest BCUT2D eigenvalue weighted by Crippen LogP contribution is 2.00. The minimum atomic E-state index is 0.563. The smallest absolute Gasteiger partial charge is 0.0718 e. The van der Waals surface area contributed by atoms with Crippen LogP contribution in [0.4, 0.5) is 0 Å². The number of rotatable bonds is 21. The Morgan fingerprint density at radius 3 is 1.39 bits per heavy atom. The molecule has 1 aromatic rings. The van der Waals surface area contributed by atoms with E-state index in [4.69, 9.17) is 28.4 Å². The van der Waals surface area contributed by atoms with Gasteiger partial charge in [0.15, 0.2) is 0 Å². The van der Waals surface area contributed by atoms with Gasteiger partial charge in [-0.3, -0.25) is 0 Å². The third kappa shape index (κ3) is 17.1. The molecule has 0 heterocycles. The monoisotopic (exact) mass is 398 g/mol. The van der Waals surface area contributed by atoms with Crippen molar-refractivity contribution in [1.29, 1.82) is 0 Å². The molecule has 0 aromatic heterocycles. The fourth-order valence-corrected chi connectivity index (χ4v) is 2.32. The Bertz CT molecular complexity index is 415. The molecule has 0 aliphatic heterocycles. The van der Waals surface area contributed by atoms with Gasteiger partial charge in [-0.15, -0.1) is 0 Å². The molecule has 0 aliphatic carbocycles. The highest BCUT2D eigenvalue weighted by Gasteiger charge is 1.95. The van der Waals surface area contributed by atoms with E-state index in [0.29, 0.717) is 72.7 Å². The first kappa shape index (κ1) is 25.0. The predicted octanol–water partition coefficient (Wildman–Crippen LogP) is 3.48. The van der Waals surface area contributed by atoms with Crippen molar-refractivity contribution in [3.05, 3.63) is 35.9 Å². The zero-order valence-corrected chi connectivity index (χ0v) is 17.4. The molecule has 0 amide bonds. The van der Waals surface area contributed by atoms with E-state index in [0.717, 1.165) is 13.0 Å². The van der Waals surface area contributed by atoms with Gasteiger partial charge in [-0.1, -0.05) is 50.1 Å². The first-order chi connectivity index (χ1) is 13.9. The van der Waals surface area contributed by atoms with Crippen molar-refractivity contribution in [2.45, 2.75) is 32.8 Å². The highest BCUT2D eigenvalue weighted by atomic mass is 16.6. The molecule has 0 aliphatic rings. The van der Waals surface area contributed by atoms with Crippen molar-refractivity contribution >= 4 is 0 Å². The Morgan fingerprint density at radius 2 is 0.929 bits per heavy atom. The van der Waals surface area contributed by atoms with E-state index in [2.05, 4.69) is 6.92 Å². The minimum Gasteiger partial charge on any atom is -0.379 e. The maximum absolute atomic E-state index is 5.54. The fraction of sp³-hybridized carbons (Fsp3) is 0.727. The molecule has 0 spiro atoms. The standard InChI is InChI=1S/C22H38O6/c1-2-3-7-10-23-11-12-24-13-14-25-15-16-26-17-18-27-19-20-28-21-22-8-5-4-6-9-22/h4-6,8-9H,2-3,7,10-21H2,1H3. The molecule has 28 heavy (non-hydrogen) atoms. The molecule has 1 aromatic carbocycles. The van der Waals surface area contributed by atoms with Gasteiger partial charge in [0.2, 0.25) is 0 Å². The van der Waals surface area contributed by atoms with E-state index in [1.807, 2.05) is 30.3 Å². The summed E-state index contributed by atoms with van der Waals surface area (Å²) >= 11 is 0. The summed E-state index contributed by atoms with van der Waals surface area (Å²) in [5.74, 6) is 0. The molecule has 0 radical (unpaired) electrons. The third-order valence-corrected chi connectivity index (χ3v) is 3.86. The summed E-state index contributed by atoms with van der Waals surface area (Å²) in [7, 11) is 0. The third-order valence-electron chi connectivity index (χ3n) is 3.86. The first-order valence-corrected chi connectivity index (χ1v) is 10.4. The Labute approximate surface area is 170 Å². The number of benzene rings is 1. The van der Waals surface area contributed by atoms with Crippen LogP contribution < -0.4 is 0 Å². The van der Waals surface area contributed by atoms with E-state index in [1.165, 1.54) is 18.4 Å². The molecular weight excluding hydrogens is 360 g/mol. The van der Waals surface area contributed by atoms with Crippen LogP contribution in [0.25, 0.3) is 0 Å². The lowest BCUT2D eigenvalue weighted by molar-refractivity contribution is -0.0178. The number of hydrogen-bond donors (Lipinski definition) is 0. The SMILES string of the molecule is CCCCCOCCOCCOCCOCCOCCOCc1ccccc1. The minimum absolute atomic E-state index is 0.563. The zero-order chi connectivity index (χ0) is 20.0. The van der Waals surface area contributed by atoms with Gasteiger partial charge in [-0.05, 0) is 12.0 Å². The number of ether oxygens (including phenoxy) is 6. The van der Waals surface area contributed by atoms with E-state index in [9.17, 15) is 0 Å². The fourth-order valence-electron chi connectivity index (χ4n) is 2.32. The second-order valence-corrected chi connectivity index (χ2v) is 6.31.